The normalized spacial score (nSPS) is 24.1. The Hall–Kier alpha value is -0.790. The summed E-state index contributed by atoms with van der Waals surface area (Å²) in [6.45, 7) is 4.16. The smallest absolute Gasteiger partial charge is 0.333 e. The van der Waals surface area contributed by atoms with Gasteiger partial charge in [-0.25, -0.2) is 4.79 Å². The summed E-state index contributed by atoms with van der Waals surface area (Å²) in [5, 5.41) is 0. The van der Waals surface area contributed by atoms with Crippen molar-refractivity contribution in [3.05, 3.63) is 11.1 Å². The molecule has 11 heavy (non-hydrogen) atoms. The minimum atomic E-state index is -0.146. The molecule has 0 bridgehead atoms. The van der Waals surface area contributed by atoms with Crippen LogP contribution in [0.25, 0.3) is 0 Å². The summed E-state index contributed by atoms with van der Waals surface area (Å²) in [5.41, 5.74) is 2.09. The number of allylic oxidation sites excluding steroid dienone is 1. The summed E-state index contributed by atoms with van der Waals surface area (Å²) in [6.07, 6.45) is 1.93. The second kappa shape index (κ2) is 3.07. The lowest BCUT2D eigenvalue weighted by Gasteiger charge is -2.00. The molecule has 0 spiro atoms. The van der Waals surface area contributed by atoms with Gasteiger partial charge in [-0.3, -0.25) is 0 Å². The van der Waals surface area contributed by atoms with Gasteiger partial charge in [0.2, 0.25) is 0 Å². The van der Waals surface area contributed by atoms with Crippen molar-refractivity contribution in [3.63, 3.8) is 0 Å². The highest BCUT2D eigenvalue weighted by molar-refractivity contribution is 5.89. The monoisotopic (exact) mass is 154 g/mol. The van der Waals surface area contributed by atoms with Gasteiger partial charge in [0.1, 0.15) is 0 Å². The van der Waals surface area contributed by atoms with Crippen LogP contribution in [-0.2, 0) is 9.53 Å². The van der Waals surface area contributed by atoms with Crippen molar-refractivity contribution >= 4 is 5.97 Å². The highest BCUT2D eigenvalue weighted by Crippen LogP contribution is 2.31. The maximum atomic E-state index is 11.1. The molecule has 0 aromatic rings. The molecule has 2 nitrogen and oxygen atoms in total. The summed E-state index contributed by atoms with van der Waals surface area (Å²) in [7, 11) is 1.44. The summed E-state index contributed by atoms with van der Waals surface area (Å²) in [6, 6.07) is 0. The van der Waals surface area contributed by atoms with Crippen molar-refractivity contribution in [3.8, 4) is 0 Å². The number of esters is 1. The van der Waals surface area contributed by atoms with Crippen LogP contribution in [0.15, 0.2) is 11.1 Å². The molecule has 0 amide bonds. The quantitative estimate of drug-likeness (QED) is 0.539. The molecule has 0 radical (unpaired) electrons. The van der Waals surface area contributed by atoms with Crippen LogP contribution in [-0.4, -0.2) is 13.1 Å². The summed E-state index contributed by atoms with van der Waals surface area (Å²) in [4.78, 5) is 11.1. The van der Waals surface area contributed by atoms with E-state index in [1.54, 1.807) is 0 Å². The van der Waals surface area contributed by atoms with Crippen LogP contribution < -0.4 is 0 Å². The summed E-state index contributed by atoms with van der Waals surface area (Å²) < 4.78 is 4.66. The van der Waals surface area contributed by atoms with Crippen molar-refractivity contribution in [2.45, 2.75) is 26.7 Å². The van der Waals surface area contributed by atoms with E-state index in [4.69, 9.17) is 0 Å². The molecule has 0 aromatic carbocycles. The number of carbonyl (C=O) groups excluding carboxylic acids is 1. The Kier molecular flexibility index (Phi) is 2.32. The molecule has 1 rings (SSSR count). The Bertz CT molecular complexity index is 204. The van der Waals surface area contributed by atoms with Crippen LogP contribution in [0.4, 0.5) is 0 Å². The molecular formula is C9H14O2. The average Bonchev–Trinajstić information content (AvgIpc) is 2.28. The fraction of sp³-hybridized carbons (Fsp3) is 0.667. The Morgan fingerprint density at radius 3 is 2.55 bits per heavy atom. The molecule has 0 saturated heterocycles. The maximum Gasteiger partial charge on any atom is 0.333 e. The van der Waals surface area contributed by atoms with Gasteiger partial charge in [-0.15, -0.1) is 0 Å². The number of hydrogen-bond donors (Lipinski definition) is 0. The summed E-state index contributed by atoms with van der Waals surface area (Å²) >= 11 is 0. The minimum Gasteiger partial charge on any atom is -0.466 e. The van der Waals surface area contributed by atoms with Gasteiger partial charge in [-0.05, 0) is 25.7 Å². The largest absolute Gasteiger partial charge is 0.466 e. The lowest BCUT2D eigenvalue weighted by atomic mass is 10.1. The Balaban J connectivity index is 2.72. The fourth-order valence-corrected chi connectivity index (χ4v) is 1.62. The lowest BCUT2D eigenvalue weighted by Crippen LogP contribution is -2.04. The number of ether oxygens (including phenoxy) is 1. The molecule has 0 unspecified atom stereocenters. The Morgan fingerprint density at radius 1 is 1.55 bits per heavy atom. The Labute approximate surface area is 67.2 Å². The maximum absolute atomic E-state index is 11.1. The molecule has 0 saturated carbocycles. The molecule has 62 valence electrons. The van der Waals surface area contributed by atoms with Crippen LogP contribution in [0.5, 0.6) is 0 Å². The van der Waals surface area contributed by atoms with Gasteiger partial charge >= 0.3 is 5.97 Å². The predicted molar refractivity (Wildman–Crippen MR) is 43.1 cm³/mol. The van der Waals surface area contributed by atoms with E-state index in [-0.39, 0.29) is 5.97 Å². The van der Waals surface area contributed by atoms with Gasteiger partial charge < -0.3 is 4.74 Å². The zero-order valence-corrected chi connectivity index (χ0v) is 7.31. The first kappa shape index (κ1) is 8.31. The van der Waals surface area contributed by atoms with E-state index < -0.39 is 0 Å². The van der Waals surface area contributed by atoms with Crippen molar-refractivity contribution in [1.29, 1.82) is 0 Å². The molecule has 2 heteroatoms. The number of carbonyl (C=O) groups is 1. The van der Waals surface area contributed by atoms with Crippen molar-refractivity contribution < 1.29 is 9.53 Å². The molecule has 0 aliphatic heterocycles. The molecule has 1 atom stereocenters. The zero-order chi connectivity index (χ0) is 8.43. The highest BCUT2D eigenvalue weighted by Gasteiger charge is 2.23. The third kappa shape index (κ3) is 1.62. The first-order chi connectivity index (χ1) is 5.15. The number of methoxy groups -OCH3 is 1. The SMILES string of the molecule is COC(=O)C1=C(C)C[C@H](C)C1. The zero-order valence-electron chi connectivity index (χ0n) is 7.31. The van der Waals surface area contributed by atoms with E-state index in [0.717, 1.165) is 18.4 Å². The van der Waals surface area contributed by atoms with Gasteiger partial charge in [0.25, 0.3) is 0 Å². The Morgan fingerprint density at radius 2 is 2.18 bits per heavy atom. The van der Waals surface area contributed by atoms with E-state index in [1.807, 2.05) is 6.92 Å². The van der Waals surface area contributed by atoms with E-state index in [1.165, 1.54) is 12.7 Å². The minimum absolute atomic E-state index is 0.146. The van der Waals surface area contributed by atoms with Gasteiger partial charge in [-0.1, -0.05) is 12.5 Å². The second-order valence-electron chi connectivity index (χ2n) is 3.26. The van der Waals surface area contributed by atoms with Crippen LogP contribution in [0.3, 0.4) is 0 Å². The summed E-state index contributed by atoms with van der Waals surface area (Å²) in [5.74, 6) is 0.468. The molecule has 1 aliphatic carbocycles. The van der Waals surface area contributed by atoms with Gasteiger partial charge in [-0.2, -0.15) is 0 Å². The van der Waals surface area contributed by atoms with Gasteiger partial charge in [0.15, 0.2) is 0 Å². The van der Waals surface area contributed by atoms with Crippen LogP contribution in [0.2, 0.25) is 0 Å². The van der Waals surface area contributed by atoms with Crippen LogP contribution in [0.1, 0.15) is 26.7 Å². The fourth-order valence-electron chi connectivity index (χ4n) is 1.62. The average molecular weight is 154 g/mol. The standard InChI is InChI=1S/C9H14O2/c1-6-4-7(2)8(5-6)9(10)11-3/h6H,4-5H2,1-3H3/t6-/m0/s1. The molecular weight excluding hydrogens is 140 g/mol. The van der Waals surface area contributed by atoms with E-state index >= 15 is 0 Å². The highest BCUT2D eigenvalue weighted by atomic mass is 16.5. The molecule has 0 fully saturated rings. The first-order valence-corrected chi connectivity index (χ1v) is 3.92. The van der Waals surface area contributed by atoms with Crippen LogP contribution in [0, 0.1) is 5.92 Å². The van der Waals surface area contributed by atoms with E-state index in [0.29, 0.717) is 5.92 Å². The lowest BCUT2D eigenvalue weighted by molar-refractivity contribution is -0.136. The van der Waals surface area contributed by atoms with Gasteiger partial charge in [0, 0.05) is 5.57 Å². The molecule has 0 N–H and O–H groups in total. The second-order valence-corrected chi connectivity index (χ2v) is 3.26. The molecule has 1 aliphatic rings. The third-order valence-corrected chi connectivity index (χ3v) is 2.15. The predicted octanol–water partition coefficient (Wildman–Crippen LogP) is 1.91. The molecule has 0 heterocycles. The van der Waals surface area contributed by atoms with Crippen molar-refractivity contribution in [2.24, 2.45) is 5.92 Å². The number of rotatable bonds is 1. The molecule has 0 aromatic heterocycles. The van der Waals surface area contributed by atoms with Crippen molar-refractivity contribution in [2.75, 3.05) is 7.11 Å². The van der Waals surface area contributed by atoms with Gasteiger partial charge in [0.05, 0.1) is 7.11 Å². The number of hydrogen-bond acceptors (Lipinski definition) is 2. The topological polar surface area (TPSA) is 26.3 Å². The van der Waals surface area contributed by atoms with E-state index in [2.05, 4.69) is 11.7 Å². The third-order valence-electron chi connectivity index (χ3n) is 2.15. The van der Waals surface area contributed by atoms with E-state index in [9.17, 15) is 4.79 Å². The van der Waals surface area contributed by atoms with Crippen molar-refractivity contribution in [1.82, 2.24) is 0 Å². The first-order valence-electron chi connectivity index (χ1n) is 3.92. The van der Waals surface area contributed by atoms with Crippen LogP contribution >= 0.6 is 0 Å².